The van der Waals surface area contributed by atoms with Crippen LogP contribution in [0.2, 0.25) is 0 Å². The summed E-state index contributed by atoms with van der Waals surface area (Å²) in [4.78, 5) is 8.81. The van der Waals surface area contributed by atoms with Crippen molar-refractivity contribution in [1.82, 2.24) is 14.5 Å². The van der Waals surface area contributed by atoms with E-state index in [-0.39, 0.29) is 5.75 Å². The van der Waals surface area contributed by atoms with Crippen LogP contribution in [0.3, 0.4) is 0 Å². The van der Waals surface area contributed by atoms with Gasteiger partial charge in [0.05, 0.1) is 11.4 Å². The van der Waals surface area contributed by atoms with Crippen LogP contribution in [-0.4, -0.2) is 33.2 Å². The highest BCUT2D eigenvalue weighted by molar-refractivity contribution is 7.85. The zero-order valence-corrected chi connectivity index (χ0v) is 15.6. The molecule has 0 unspecified atom stereocenters. The first kappa shape index (κ1) is 17.8. The molecule has 140 valence electrons. The molecule has 4 rings (SSSR count). The first-order valence-electron chi connectivity index (χ1n) is 8.97. The molecule has 8 heteroatoms. The molecule has 0 bridgehead atoms. The van der Waals surface area contributed by atoms with Crippen LogP contribution >= 0.6 is 0 Å². The molecule has 2 aromatic heterocycles. The van der Waals surface area contributed by atoms with E-state index in [4.69, 9.17) is 4.55 Å². The average molecular weight is 385 g/mol. The number of hydrogen-bond donors (Lipinski definition) is 1. The Balaban J connectivity index is 1.78. The lowest BCUT2D eigenvalue weighted by atomic mass is 9.91. The molecule has 1 N–H and O–H groups in total. The zero-order chi connectivity index (χ0) is 18.9. The number of aryl methyl sites for hydroxylation is 2. The van der Waals surface area contributed by atoms with Gasteiger partial charge in [-0.25, -0.2) is 0 Å². The highest BCUT2D eigenvalue weighted by Gasteiger charge is 2.24. The van der Waals surface area contributed by atoms with E-state index >= 15 is 0 Å². The second-order valence-corrected chi connectivity index (χ2v) is 8.30. The number of nitrogens with zero attached hydrogens (tertiary/aromatic N) is 4. The maximum absolute atomic E-state index is 11.0. The predicted octanol–water partition coefficient (Wildman–Crippen LogP) is 2.17. The Kier molecular flexibility index (Phi) is 4.75. The summed E-state index contributed by atoms with van der Waals surface area (Å²) in [5.41, 5.74) is 4.61. The van der Waals surface area contributed by atoms with Crippen LogP contribution in [0.4, 0.5) is 0 Å². The summed E-state index contributed by atoms with van der Waals surface area (Å²) in [6.07, 6.45) is 9.03. The molecule has 0 saturated heterocycles. The third-order valence-corrected chi connectivity index (χ3v) is 5.54. The van der Waals surface area contributed by atoms with Crippen molar-refractivity contribution in [2.75, 3.05) is 5.75 Å². The largest absolute Gasteiger partial charge is 0.381 e. The topological polar surface area (TPSA) is 88.4 Å². The molecular formula is C19H21N4O3S+. The van der Waals surface area contributed by atoms with Gasteiger partial charge < -0.3 is 0 Å². The Morgan fingerprint density at radius 1 is 1.19 bits per heavy atom. The normalized spacial score (nSPS) is 16.0. The molecular weight excluding hydrogens is 364 g/mol. The quantitative estimate of drug-likeness (QED) is 0.537. The minimum Gasteiger partial charge on any atom is -0.286 e. The average Bonchev–Trinajstić information content (AvgIpc) is 3.05. The van der Waals surface area contributed by atoms with E-state index in [2.05, 4.69) is 28.2 Å². The van der Waals surface area contributed by atoms with Crippen molar-refractivity contribution in [3.63, 3.8) is 0 Å². The number of aromatic nitrogens is 4. The van der Waals surface area contributed by atoms with Crippen molar-refractivity contribution < 1.29 is 17.7 Å². The molecule has 27 heavy (non-hydrogen) atoms. The molecule has 0 atom stereocenters. The number of benzene rings is 1. The minimum atomic E-state index is -3.97. The molecule has 2 heterocycles. The van der Waals surface area contributed by atoms with Crippen LogP contribution in [0.15, 0.2) is 42.9 Å². The molecule has 1 aliphatic carbocycles. The van der Waals surface area contributed by atoms with E-state index in [1.54, 1.807) is 6.33 Å². The summed E-state index contributed by atoms with van der Waals surface area (Å²) < 4.78 is 34.8. The minimum absolute atomic E-state index is 0.275. The van der Waals surface area contributed by atoms with Crippen molar-refractivity contribution in [2.45, 2.75) is 32.2 Å². The fourth-order valence-corrected chi connectivity index (χ4v) is 4.05. The lowest BCUT2D eigenvalue weighted by Crippen LogP contribution is -2.41. The highest BCUT2D eigenvalue weighted by atomic mass is 32.2. The van der Waals surface area contributed by atoms with Gasteiger partial charge in [-0.05, 0) is 47.0 Å². The van der Waals surface area contributed by atoms with Gasteiger partial charge in [0.25, 0.3) is 10.1 Å². The van der Waals surface area contributed by atoms with E-state index < -0.39 is 10.1 Å². The second kappa shape index (κ2) is 7.21. The van der Waals surface area contributed by atoms with Crippen LogP contribution in [-0.2, 0) is 23.1 Å². The highest BCUT2D eigenvalue weighted by Crippen LogP contribution is 2.31. The van der Waals surface area contributed by atoms with Crippen molar-refractivity contribution in [2.24, 2.45) is 0 Å². The molecule has 3 aromatic rings. The molecule has 0 saturated carbocycles. The lowest BCUT2D eigenvalue weighted by Gasteiger charge is -2.19. The van der Waals surface area contributed by atoms with E-state index in [1.165, 1.54) is 5.57 Å². The molecule has 0 aliphatic heterocycles. The lowest BCUT2D eigenvalue weighted by molar-refractivity contribution is -0.761. The zero-order valence-electron chi connectivity index (χ0n) is 14.8. The monoisotopic (exact) mass is 385 g/mol. The molecule has 0 fully saturated rings. The fraction of sp³-hybridized carbons (Fsp3) is 0.316. The van der Waals surface area contributed by atoms with E-state index in [0.29, 0.717) is 18.7 Å². The van der Waals surface area contributed by atoms with E-state index in [0.717, 1.165) is 36.1 Å². The molecule has 1 aliphatic rings. The van der Waals surface area contributed by atoms with Crippen molar-refractivity contribution in [3.8, 4) is 0 Å². The number of allylic oxidation sites excluding steroid dienone is 1. The SMILES string of the molecule is O=S(=O)(O)CCC[n+]1cnc2ncc3c(n21)/C(=C/c1ccccc1)CCC3. The fourth-order valence-electron chi connectivity index (χ4n) is 3.56. The summed E-state index contributed by atoms with van der Waals surface area (Å²) in [6, 6.07) is 10.2. The van der Waals surface area contributed by atoms with Crippen molar-refractivity contribution in [1.29, 1.82) is 0 Å². The van der Waals surface area contributed by atoms with Crippen molar-refractivity contribution >= 4 is 27.5 Å². The summed E-state index contributed by atoms with van der Waals surface area (Å²) >= 11 is 0. The first-order chi connectivity index (χ1) is 13.0. The van der Waals surface area contributed by atoms with Crippen molar-refractivity contribution in [3.05, 3.63) is 59.7 Å². The van der Waals surface area contributed by atoms with Gasteiger partial charge in [0.1, 0.15) is 6.54 Å². The maximum atomic E-state index is 11.0. The number of rotatable bonds is 5. The van der Waals surface area contributed by atoms with Gasteiger partial charge in [0.15, 0.2) is 0 Å². The van der Waals surface area contributed by atoms with Crippen LogP contribution in [0.25, 0.3) is 17.4 Å². The van der Waals surface area contributed by atoms with Gasteiger partial charge in [-0.1, -0.05) is 30.3 Å². The molecule has 0 radical (unpaired) electrons. The van der Waals surface area contributed by atoms with Gasteiger partial charge in [-0.15, -0.1) is 9.20 Å². The van der Waals surface area contributed by atoms with Gasteiger partial charge >= 0.3 is 12.1 Å². The smallest absolute Gasteiger partial charge is 0.286 e. The van der Waals surface area contributed by atoms with Gasteiger partial charge in [-0.3, -0.25) is 4.55 Å². The predicted molar refractivity (Wildman–Crippen MR) is 101 cm³/mol. The summed E-state index contributed by atoms with van der Waals surface area (Å²) in [5.74, 6) is 0.309. The third kappa shape index (κ3) is 3.91. The standard InChI is InChI=1S/C19H20N4O3S/c24-27(25,26)11-5-10-22-14-21-19-20-13-17-9-4-8-16(18(17)23(19)22)12-15-6-2-1-3-7-15/h1-3,6-7,12-14H,4-5,8-11H2/p+1/b16-12+. The molecule has 1 aromatic carbocycles. The van der Waals surface area contributed by atoms with E-state index in [9.17, 15) is 8.42 Å². The number of fused-ring (bicyclic) bond motifs is 3. The Hall–Kier alpha value is -2.58. The van der Waals surface area contributed by atoms with Crippen LogP contribution in [0.5, 0.6) is 0 Å². The Labute approximate surface area is 157 Å². The van der Waals surface area contributed by atoms with E-state index in [1.807, 2.05) is 33.6 Å². The number of hydrogen-bond acceptors (Lipinski definition) is 4. The van der Waals surface area contributed by atoms with Crippen LogP contribution in [0, 0.1) is 0 Å². The third-order valence-electron chi connectivity index (χ3n) is 4.73. The van der Waals surface area contributed by atoms with Gasteiger partial charge in [0.2, 0.25) is 0 Å². The summed E-state index contributed by atoms with van der Waals surface area (Å²) in [7, 11) is -3.97. The Morgan fingerprint density at radius 3 is 2.78 bits per heavy atom. The molecule has 0 amide bonds. The first-order valence-corrected chi connectivity index (χ1v) is 10.6. The maximum Gasteiger partial charge on any atom is 0.381 e. The van der Waals surface area contributed by atoms with Gasteiger partial charge in [-0.2, -0.15) is 13.4 Å². The Bertz CT molecular complexity index is 1100. The Morgan fingerprint density at radius 2 is 2.00 bits per heavy atom. The summed E-state index contributed by atoms with van der Waals surface area (Å²) in [6.45, 7) is 0.428. The van der Waals surface area contributed by atoms with Crippen LogP contribution < -0.4 is 4.68 Å². The van der Waals surface area contributed by atoms with Gasteiger partial charge in [0, 0.05) is 12.6 Å². The second-order valence-electron chi connectivity index (χ2n) is 6.72. The molecule has 0 spiro atoms. The van der Waals surface area contributed by atoms with Crippen LogP contribution in [0.1, 0.15) is 36.1 Å². The summed E-state index contributed by atoms with van der Waals surface area (Å²) in [5, 5.41) is 0. The molecule has 7 nitrogen and oxygen atoms in total.